The van der Waals surface area contributed by atoms with Crippen LogP contribution in [0.3, 0.4) is 0 Å². The van der Waals surface area contributed by atoms with Gasteiger partial charge in [0.15, 0.2) is 5.72 Å². The van der Waals surface area contributed by atoms with Gasteiger partial charge in [0.1, 0.15) is 30.5 Å². The fourth-order valence-corrected chi connectivity index (χ4v) is 12.5. The van der Waals surface area contributed by atoms with E-state index in [-0.39, 0.29) is 97.9 Å². The molecule has 1 aliphatic carbocycles. The molecule has 4 heterocycles. The number of carbonyl (C=O) groups is 9. The molecule has 4 aromatic rings. The Hall–Kier alpha value is -8.95. The molecule has 85 heavy (non-hydrogen) atoms. The summed E-state index contributed by atoms with van der Waals surface area (Å²) in [5, 5.41) is 12.7. The van der Waals surface area contributed by atoms with Crippen LogP contribution in [0.1, 0.15) is 87.0 Å². The van der Waals surface area contributed by atoms with Crippen molar-refractivity contribution in [2.45, 2.75) is 107 Å². The van der Waals surface area contributed by atoms with Gasteiger partial charge in [0, 0.05) is 69.3 Å². The molecule has 0 aromatic heterocycles. The highest BCUT2D eigenvalue weighted by Crippen LogP contribution is 2.60. The molecule has 0 bridgehead atoms. The van der Waals surface area contributed by atoms with Gasteiger partial charge in [-0.05, 0) is 86.4 Å². The van der Waals surface area contributed by atoms with Crippen LogP contribution < -0.4 is 37.5 Å². The van der Waals surface area contributed by atoms with Crippen molar-refractivity contribution in [1.29, 1.82) is 0 Å². The smallest absolute Gasteiger partial charge is 0.404 e. The second kappa shape index (κ2) is 26.7. The van der Waals surface area contributed by atoms with E-state index in [2.05, 4.69) is 45.5 Å². The number of carbonyl (C=O) groups excluding carboxylic acids is 9. The Labute approximate surface area is 493 Å². The highest BCUT2D eigenvalue weighted by molar-refractivity contribution is 6.25. The molecule has 21 heteroatoms. The molecule has 2 fully saturated rings. The topological polar surface area (TPSA) is 291 Å². The van der Waals surface area contributed by atoms with Gasteiger partial charge in [0.2, 0.25) is 35.2 Å². The van der Waals surface area contributed by atoms with Gasteiger partial charge in [0.25, 0.3) is 11.8 Å². The average Bonchev–Trinajstić information content (AvgIpc) is 1.58. The molecular formula is C64H73N9O12. The van der Waals surface area contributed by atoms with E-state index < -0.39 is 77.4 Å². The third-order valence-corrected chi connectivity index (χ3v) is 16.8. The zero-order chi connectivity index (χ0) is 60.4. The summed E-state index contributed by atoms with van der Waals surface area (Å²) in [7, 11) is 3.03. The van der Waals surface area contributed by atoms with E-state index in [4.69, 9.17) is 25.7 Å². The van der Waals surface area contributed by atoms with E-state index in [0.29, 0.717) is 44.4 Å². The monoisotopic (exact) mass is 1160 g/mol. The minimum Gasteiger partial charge on any atom is -0.497 e. The second-order valence-corrected chi connectivity index (χ2v) is 21.9. The van der Waals surface area contributed by atoms with Crippen LogP contribution in [-0.4, -0.2) is 145 Å². The third kappa shape index (κ3) is 12.6. The number of amides is 7. The van der Waals surface area contributed by atoms with Crippen molar-refractivity contribution in [3.05, 3.63) is 172 Å². The van der Waals surface area contributed by atoms with Crippen molar-refractivity contribution >= 4 is 53.1 Å². The summed E-state index contributed by atoms with van der Waals surface area (Å²) in [5.41, 5.74) is 13.0. The molecule has 9 rings (SSSR count). The summed E-state index contributed by atoms with van der Waals surface area (Å²) in [6.45, 7) is 2.00. The van der Waals surface area contributed by atoms with Crippen LogP contribution in [0.2, 0.25) is 0 Å². The molecule has 2 saturated heterocycles. The van der Waals surface area contributed by atoms with Crippen LogP contribution in [0.25, 0.3) is 0 Å². The van der Waals surface area contributed by atoms with Crippen molar-refractivity contribution in [2.75, 3.05) is 47.0 Å². The zero-order valence-corrected chi connectivity index (χ0v) is 48.0. The maximum Gasteiger partial charge on any atom is 0.404 e. The average molecular weight is 1160 g/mol. The van der Waals surface area contributed by atoms with Crippen LogP contribution in [0, 0.1) is 5.92 Å². The number of primary amides is 1. The Balaban J connectivity index is 0.878. The van der Waals surface area contributed by atoms with E-state index in [1.807, 2.05) is 91.0 Å². The lowest BCUT2D eigenvalue weighted by Crippen LogP contribution is -2.56. The molecule has 0 saturated carbocycles. The largest absolute Gasteiger partial charge is 0.497 e. The Bertz CT molecular complexity index is 3220. The number of benzene rings is 4. The maximum absolute atomic E-state index is 14.5. The number of nitrogens with one attached hydrogen (secondary N) is 4. The molecule has 6 atom stereocenters. The molecule has 21 nitrogen and oxygen atoms in total. The Morgan fingerprint density at radius 1 is 0.706 bits per heavy atom. The van der Waals surface area contributed by atoms with Crippen LogP contribution in [0.5, 0.6) is 5.75 Å². The number of Topliss-reactive ketones (excluding diaryl/α,β-unsaturated/α-hetero) is 2. The van der Waals surface area contributed by atoms with Gasteiger partial charge in [-0.25, -0.2) is 4.79 Å². The minimum atomic E-state index is -1.44. The maximum atomic E-state index is 14.5. The van der Waals surface area contributed by atoms with Crippen molar-refractivity contribution in [2.24, 2.45) is 17.4 Å². The number of nitrogens with zero attached hydrogens (tertiary/aromatic N) is 3. The molecule has 4 aromatic carbocycles. The third-order valence-electron chi connectivity index (χ3n) is 16.8. The number of unbranched alkanes of at least 4 members (excludes halogenated alkanes) is 3. The predicted molar refractivity (Wildman–Crippen MR) is 312 cm³/mol. The summed E-state index contributed by atoms with van der Waals surface area (Å²) in [4.78, 5) is 124. The van der Waals surface area contributed by atoms with E-state index in [0.717, 1.165) is 27.2 Å². The first-order chi connectivity index (χ1) is 41.0. The highest BCUT2D eigenvalue weighted by atomic mass is 16.6. The van der Waals surface area contributed by atoms with Crippen molar-refractivity contribution < 1.29 is 57.4 Å². The minimum absolute atomic E-state index is 0.00744. The number of ether oxygens (including phenoxy) is 3. The lowest BCUT2D eigenvalue weighted by molar-refractivity contribution is -0.153. The van der Waals surface area contributed by atoms with E-state index in [1.165, 1.54) is 26.2 Å². The van der Waals surface area contributed by atoms with E-state index >= 15 is 0 Å². The highest BCUT2D eigenvalue weighted by Gasteiger charge is 2.77. The number of ketones is 2. The first kappa shape index (κ1) is 60.6. The van der Waals surface area contributed by atoms with Gasteiger partial charge in [-0.1, -0.05) is 110 Å². The first-order valence-electron chi connectivity index (χ1n) is 28.9. The van der Waals surface area contributed by atoms with Gasteiger partial charge in [-0.3, -0.25) is 48.6 Å². The Kier molecular flexibility index (Phi) is 19.1. The number of imide groups is 1. The first-order valence-corrected chi connectivity index (χ1v) is 28.9. The number of nitrogens with two attached hydrogens (primary N) is 2. The van der Waals surface area contributed by atoms with Gasteiger partial charge in [0.05, 0.1) is 36.0 Å². The van der Waals surface area contributed by atoms with E-state index in [9.17, 15) is 43.2 Å². The number of hydrogen-bond donors (Lipinski definition) is 6. The molecule has 8 N–H and O–H groups in total. The molecule has 0 radical (unpaired) electrons. The lowest BCUT2D eigenvalue weighted by atomic mass is 9.77. The SMILES string of the molecule is COc1ccc(C(NCCCCC(NC(=O)[C@H](Cc2ccccc2)NC(=O)CCCCCN2C(=O)C=CC2=O)C(=O)NCCCC(=O)N2C3CN4C5=C(C(=O)C(N)=C(C)C5=O)C(COC(N)=O)C4(OC)C32)(c2ccccc2)c2ccccc2)cc1. The fraction of sp³-hybridized carbons (Fsp3) is 0.391. The molecule has 5 unspecified atom stereocenters. The Morgan fingerprint density at radius 2 is 1.34 bits per heavy atom. The predicted octanol–water partition coefficient (Wildman–Crippen LogP) is 3.94. The van der Waals surface area contributed by atoms with Crippen LogP contribution in [0.15, 0.2) is 150 Å². The van der Waals surface area contributed by atoms with Gasteiger partial charge in [-0.2, -0.15) is 0 Å². The fourth-order valence-electron chi connectivity index (χ4n) is 12.5. The van der Waals surface area contributed by atoms with Crippen LogP contribution in [0.4, 0.5) is 4.79 Å². The molecule has 446 valence electrons. The van der Waals surface area contributed by atoms with Crippen LogP contribution in [-0.2, 0) is 59.8 Å². The molecule has 4 aliphatic heterocycles. The zero-order valence-electron chi connectivity index (χ0n) is 48.0. The summed E-state index contributed by atoms with van der Waals surface area (Å²) in [5.74, 6) is -3.77. The van der Waals surface area contributed by atoms with Crippen LogP contribution >= 0.6 is 0 Å². The molecule has 0 spiro atoms. The van der Waals surface area contributed by atoms with Gasteiger partial charge in [-0.15, -0.1) is 0 Å². The van der Waals surface area contributed by atoms with Crippen molar-refractivity contribution in [3.8, 4) is 5.75 Å². The summed E-state index contributed by atoms with van der Waals surface area (Å²) < 4.78 is 16.9. The second-order valence-electron chi connectivity index (χ2n) is 21.9. The number of rotatable bonds is 29. The van der Waals surface area contributed by atoms with Crippen molar-refractivity contribution in [3.63, 3.8) is 0 Å². The molecular weight excluding hydrogens is 1090 g/mol. The lowest BCUT2D eigenvalue weighted by Gasteiger charge is -2.41. The van der Waals surface area contributed by atoms with Gasteiger partial charge < -0.3 is 51.4 Å². The number of hydrogen-bond acceptors (Lipinski definition) is 15. The Morgan fingerprint density at radius 3 is 1.96 bits per heavy atom. The van der Waals surface area contributed by atoms with Gasteiger partial charge >= 0.3 is 6.09 Å². The summed E-state index contributed by atoms with van der Waals surface area (Å²) in [6.07, 6.45) is 4.54. The summed E-state index contributed by atoms with van der Waals surface area (Å²) >= 11 is 0. The number of piperazine rings is 1. The quantitative estimate of drug-likeness (QED) is 0.0148. The summed E-state index contributed by atoms with van der Waals surface area (Å²) in [6, 6.07) is 34.2. The standard InChI is InChI=1S/C64H73N9O12/c1-40-55(65)58(79)54-46(39-85-62(66)82)64(84-3)59-49(38-72(64)56(54)57(40)78)73(59)53(77)27-18-34-67-60(80)47(70-61(81)48(37-41-19-8-4-9-20-41)69-50(74)26-14-7-17-36-71-51(75)32-33-52(71)76)25-15-16-35-68-63(42-21-10-5-11-22-42,43-23-12-6-13-24-43)44-28-30-45(83-2)31-29-44/h4-6,8-13,19-24,28-33,46-49,59,68H,7,14-18,25-27,34-39,65H2,1-3H3,(H2,66,82)(H,67,80)(H,69,74)(H,70,81)/t46?,47?,48-,49?,59?,64?,73?/m0/s1. The van der Waals surface area contributed by atoms with E-state index in [1.54, 1.807) is 16.9 Å². The normalized spacial score (nSPS) is 20.2. The molecule has 7 amide bonds. The van der Waals surface area contributed by atoms with Crippen molar-refractivity contribution in [1.82, 2.24) is 36.0 Å². The number of methoxy groups -OCH3 is 2. The number of allylic oxidation sites excluding steroid dienone is 2. The molecule has 5 aliphatic rings. The number of fused-ring (bicyclic) bond motifs is 4.